The van der Waals surface area contributed by atoms with Crippen molar-refractivity contribution >= 4 is 17.4 Å². The predicted octanol–water partition coefficient (Wildman–Crippen LogP) is 3.40. The summed E-state index contributed by atoms with van der Waals surface area (Å²) >= 11 is 0. The van der Waals surface area contributed by atoms with E-state index >= 15 is 0 Å². The molecule has 0 radical (unpaired) electrons. The molecule has 0 bridgehead atoms. The van der Waals surface area contributed by atoms with Crippen LogP contribution in [0.2, 0.25) is 0 Å². The molecule has 0 unspecified atom stereocenters. The second kappa shape index (κ2) is 11.3. The molecule has 0 aromatic heterocycles. The molecule has 0 spiro atoms. The minimum Gasteiger partial charge on any atom is -0.507 e. The van der Waals surface area contributed by atoms with Gasteiger partial charge >= 0.3 is 0 Å². The van der Waals surface area contributed by atoms with Crippen LogP contribution >= 0.6 is 0 Å². The molecule has 0 aliphatic carbocycles. The van der Waals surface area contributed by atoms with Crippen molar-refractivity contribution in [3.05, 3.63) is 52.6 Å². The van der Waals surface area contributed by atoms with Gasteiger partial charge in [0.05, 0.1) is 40.1 Å². The number of ketones is 1. The smallest absolute Gasteiger partial charge is 0.295 e. The minimum absolute atomic E-state index is 0.00685. The van der Waals surface area contributed by atoms with Crippen LogP contribution in [0.3, 0.4) is 0 Å². The number of rotatable bonds is 10. The lowest BCUT2D eigenvalue weighted by Crippen LogP contribution is -2.32. The van der Waals surface area contributed by atoms with Crippen molar-refractivity contribution in [2.24, 2.45) is 0 Å². The molecule has 9 heteroatoms. The first kappa shape index (κ1) is 26.9. The monoisotopic (exact) mass is 498 g/mol. The van der Waals surface area contributed by atoms with Crippen LogP contribution in [0.25, 0.3) is 5.76 Å². The molecule has 0 saturated carbocycles. The predicted molar refractivity (Wildman–Crippen MR) is 136 cm³/mol. The molecular weight excluding hydrogens is 464 g/mol. The number of likely N-dealkylation sites (tertiary alicyclic amines) is 1. The number of carbonyl (C=O) groups excluding carboxylic acids is 2. The first-order chi connectivity index (χ1) is 17.2. The average Bonchev–Trinajstić information content (AvgIpc) is 3.12. The van der Waals surface area contributed by atoms with Gasteiger partial charge in [-0.15, -0.1) is 0 Å². The number of carbonyl (C=O) groups is 2. The zero-order chi connectivity index (χ0) is 26.6. The van der Waals surface area contributed by atoms with E-state index in [1.165, 1.54) is 26.2 Å². The van der Waals surface area contributed by atoms with Crippen molar-refractivity contribution < 1.29 is 33.6 Å². The Morgan fingerprint density at radius 1 is 0.972 bits per heavy atom. The van der Waals surface area contributed by atoms with Crippen LogP contribution in [0, 0.1) is 6.92 Å². The Kier molecular flexibility index (Phi) is 8.47. The van der Waals surface area contributed by atoms with E-state index < -0.39 is 17.7 Å². The third-order valence-corrected chi connectivity index (χ3v) is 6.24. The summed E-state index contributed by atoms with van der Waals surface area (Å²) < 4.78 is 21.7. The van der Waals surface area contributed by atoms with Gasteiger partial charge in [-0.2, -0.15) is 0 Å². The molecule has 1 saturated heterocycles. The van der Waals surface area contributed by atoms with E-state index in [1.807, 2.05) is 19.0 Å². The highest BCUT2D eigenvalue weighted by atomic mass is 16.5. The fraction of sp³-hybridized carbons (Fsp3) is 0.407. The van der Waals surface area contributed by atoms with E-state index in [9.17, 15) is 14.7 Å². The Bertz CT molecular complexity index is 1150. The van der Waals surface area contributed by atoms with Gasteiger partial charge in [0.25, 0.3) is 11.7 Å². The van der Waals surface area contributed by atoms with Crippen LogP contribution in [0.5, 0.6) is 23.0 Å². The molecule has 2 aromatic carbocycles. The highest BCUT2D eigenvalue weighted by molar-refractivity contribution is 6.46. The maximum atomic E-state index is 13.3. The molecule has 3 rings (SSSR count). The molecular formula is C27H34N2O7. The number of amides is 1. The van der Waals surface area contributed by atoms with Gasteiger partial charge < -0.3 is 33.9 Å². The van der Waals surface area contributed by atoms with E-state index in [-0.39, 0.29) is 11.3 Å². The summed E-state index contributed by atoms with van der Waals surface area (Å²) in [5.74, 6) is 0.111. The van der Waals surface area contributed by atoms with E-state index in [4.69, 9.17) is 18.9 Å². The average molecular weight is 499 g/mol. The zero-order valence-corrected chi connectivity index (χ0v) is 21.9. The van der Waals surface area contributed by atoms with Crippen LogP contribution in [-0.4, -0.2) is 82.2 Å². The normalized spacial score (nSPS) is 17.0. The second-order valence-corrected chi connectivity index (χ2v) is 8.79. The fourth-order valence-corrected chi connectivity index (χ4v) is 4.45. The van der Waals surface area contributed by atoms with Gasteiger partial charge in [-0.1, -0.05) is 0 Å². The largest absolute Gasteiger partial charge is 0.507 e. The molecule has 194 valence electrons. The number of benzene rings is 2. The lowest BCUT2D eigenvalue weighted by molar-refractivity contribution is -0.139. The molecule has 1 N–H and O–H groups in total. The lowest BCUT2D eigenvalue weighted by Gasteiger charge is -2.27. The van der Waals surface area contributed by atoms with Crippen molar-refractivity contribution in [3.63, 3.8) is 0 Å². The van der Waals surface area contributed by atoms with Gasteiger partial charge in [-0.05, 0) is 75.4 Å². The standard InChI is InChI=1S/C27H34N2O7/c1-16-13-18(33-4)9-10-19(16)24(30)22-23(29(27(32)25(22)31)12-8-11-28(2)3)17-14-20(34-5)26(36-7)21(15-17)35-6/h9-10,13-15,23,30H,8,11-12H2,1-7H3/b24-22+/t23-/m1/s1. The maximum absolute atomic E-state index is 13.3. The number of aryl methyl sites for hydroxylation is 1. The molecule has 1 aliphatic rings. The van der Waals surface area contributed by atoms with Crippen molar-refractivity contribution in [2.45, 2.75) is 19.4 Å². The summed E-state index contributed by atoms with van der Waals surface area (Å²) in [6, 6.07) is 7.69. The number of aliphatic hydroxyl groups is 1. The van der Waals surface area contributed by atoms with Crippen LogP contribution in [0.15, 0.2) is 35.9 Å². The van der Waals surface area contributed by atoms with Gasteiger partial charge in [0, 0.05) is 12.1 Å². The summed E-state index contributed by atoms with van der Waals surface area (Å²) in [6.45, 7) is 2.85. The van der Waals surface area contributed by atoms with Crippen molar-refractivity contribution in [1.82, 2.24) is 9.80 Å². The van der Waals surface area contributed by atoms with E-state index in [2.05, 4.69) is 0 Å². The Labute approximate surface area is 211 Å². The van der Waals surface area contributed by atoms with Crippen LogP contribution in [0.1, 0.15) is 29.2 Å². The van der Waals surface area contributed by atoms with Crippen molar-refractivity contribution in [2.75, 3.05) is 55.6 Å². The SMILES string of the molecule is COc1ccc(/C(O)=C2\C(=O)C(=O)N(CCCN(C)C)[C@@H]2c2cc(OC)c(OC)c(OC)c2)c(C)c1. The first-order valence-electron chi connectivity index (χ1n) is 11.6. The van der Waals surface area contributed by atoms with Crippen molar-refractivity contribution in [1.29, 1.82) is 0 Å². The summed E-state index contributed by atoms with van der Waals surface area (Å²) in [4.78, 5) is 30.1. The third kappa shape index (κ3) is 5.11. The number of methoxy groups -OCH3 is 4. The first-order valence-corrected chi connectivity index (χ1v) is 11.6. The third-order valence-electron chi connectivity index (χ3n) is 6.24. The van der Waals surface area contributed by atoms with Crippen LogP contribution in [-0.2, 0) is 9.59 Å². The molecule has 1 amide bonds. The molecule has 2 aromatic rings. The number of hydrogen-bond acceptors (Lipinski definition) is 8. The quantitative estimate of drug-likeness (QED) is 0.302. The number of ether oxygens (including phenoxy) is 4. The summed E-state index contributed by atoms with van der Waals surface area (Å²) in [7, 11) is 9.93. The number of nitrogens with zero attached hydrogens (tertiary/aromatic N) is 2. The summed E-state index contributed by atoms with van der Waals surface area (Å²) in [6.07, 6.45) is 0.641. The van der Waals surface area contributed by atoms with E-state index in [0.717, 1.165) is 6.54 Å². The molecule has 9 nitrogen and oxygen atoms in total. The van der Waals surface area contributed by atoms with Gasteiger partial charge in [0.2, 0.25) is 5.75 Å². The topological polar surface area (TPSA) is 97.8 Å². The van der Waals surface area contributed by atoms with Crippen LogP contribution in [0.4, 0.5) is 0 Å². The molecule has 1 heterocycles. The number of aliphatic hydroxyl groups excluding tert-OH is 1. The number of Topliss-reactive ketones (excluding diaryl/α,β-unsaturated/α-hetero) is 1. The molecule has 1 fully saturated rings. The molecule has 36 heavy (non-hydrogen) atoms. The zero-order valence-electron chi connectivity index (χ0n) is 21.9. The van der Waals surface area contributed by atoms with E-state index in [0.29, 0.717) is 52.7 Å². The number of hydrogen-bond donors (Lipinski definition) is 1. The molecule has 1 atom stereocenters. The lowest BCUT2D eigenvalue weighted by atomic mass is 9.93. The Hall–Kier alpha value is -3.72. The fourth-order valence-electron chi connectivity index (χ4n) is 4.45. The summed E-state index contributed by atoms with van der Waals surface area (Å²) in [5.41, 5.74) is 1.71. The van der Waals surface area contributed by atoms with Crippen molar-refractivity contribution in [3.8, 4) is 23.0 Å². The van der Waals surface area contributed by atoms with Gasteiger partial charge in [0.1, 0.15) is 11.5 Å². The Morgan fingerprint density at radius 3 is 2.11 bits per heavy atom. The highest BCUT2D eigenvalue weighted by Gasteiger charge is 2.46. The Balaban J connectivity index is 2.24. The van der Waals surface area contributed by atoms with Crippen LogP contribution < -0.4 is 18.9 Å². The molecule has 1 aliphatic heterocycles. The summed E-state index contributed by atoms with van der Waals surface area (Å²) in [5, 5.41) is 11.4. The Morgan fingerprint density at radius 2 is 1.61 bits per heavy atom. The van der Waals surface area contributed by atoms with E-state index in [1.54, 1.807) is 44.4 Å². The highest BCUT2D eigenvalue weighted by Crippen LogP contribution is 2.46. The van der Waals surface area contributed by atoms with Gasteiger partial charge in [-0.3, -0.25) is 9.59 Å². The minimum atomic E-state index is -0.845. The maximum Gasteiger partial charge on any atom is 0.295 e. The second-order valence-electron chi connectivity index (χ2n) is 8.79. The van der Waals surface area contributed by atoms with Gasteiger partial charge in [0.15, 0.2) is 11.5 Å². The van der Waals surface area contributed by atoms with Gasteiger partial charge in [-0.25, -0.2) is 0 Å².